The third-order valence-electron chi connectivity index (χ3n) is 2.85. The summed E-state index contributed by atoms with van der Waals surface area (Å²) >= 11 is 1.60. The highest BCUT2D eigenvalue weighted by atomic mass is 32.2. The normalized spacial score (nSPS) is 10.9. The van der Waals surface area contributed by atoms with Crippen molar-refractivity contribution in [3.63, 3.8) is 0 Å². The van der Waals surface area contributed by atoms with Crippen molar-refractivity contribution in [2.75, 3.05) is 25.6 Å². The molecule has 6 heteroatoms. The van der Waals surface area contributed by atoms with Gasteiger partial charge < -0.3 is 9.84 Å². The molecule has 2 rings (SSSR count). The van der Waals surface area contributed by atoms with Gasteiger partial charge in [-0.25, -0.2) is 0 Å². The van der Waals surface area contributed by atoms with Gasteiger partial charge >= 0.3 is 0 Å². The maximum atomic E-state index is 8.65. The maximum Gasteiger partial charge on any atom is 0.195 e. The molecule has 1 aromatic carbocycles. The van der Waals surface area contributed by atoms with Gasteiger partial charge in [-0.15, -0.1) is 10.2 Å². The van der Waals surface area contributed by atoms with Crippen molar-refractivity contribution >= 4 is 11.8 Å². The van der Waals surface area contributed by atoms with Crippen LogP contribution in [0.25, 0.3) is 5.69 Å². The van der Waals surface area contributed by atoms with Crippen LogP contribution in [-0.2, 0) is 4.74 Å². The molecule has 0 saturated carbocycles. The van der Waals surface area contributed by atoms with Crippen LogP contribution in [-0.4, -0.2) is 45.4 Å². The molecule has 0 spiro atoms. The van der Waals surface area contributed by atoms with Gasteiger partial charge in [-0.1, -0.05) is 30.0 Å². The Morgan fingerprint density at radius 2 is 2.00 bits per heavy atom. The number of nitrogens with zero attached hydrogens (tertiary/aromatic N) is 3. The molecular formula is C14H19N3O2S. The Hall–Kier alpha value is -1.37. The van der Waals surface area contributed by atoms with Crippen LogP contribution < -0.4 is 0 Å². The number of ether oxygens (including phenoxy) is 1. The lowest BCUT2D eigenvalue weighted by Crippen LogP contribution is -2.05. The van der Waals surface area contributed by atoms with Gasteiger partial charge in [0.2, 0.25) is 0 Å². The van der Waals surface area contributed by atoms with E-state index in [0.29, 0.717) is 13.2 Å². The fraction of sp³-hybridized carbons (Fsp3) is 0.429. The van der Waals surface area contributed by atoms with Gasteiger partial charge in [0.25, 0.3) is 0 Å². The average molecular weight is 293 g/mol. The molecule has 108 valence electrons. The number of thioether (sulfide) groups is 1. The number of rotatable bonds is 7. The number of aliphatic hydroxyl groups is 1. The molecule has 1 heterocycles. The summed E-state index contributed by atoms with van der Waals surface area (Å²) in [4.78, 5) is 0. The average Bonchev–Trinajstić information content (AvgIpc) is 2.80. The van der Waals surface area contributed by atoms with Gasteiger partial charge in [-0.3, -0.25) is 4.57 Å². The first-order valence-electron chi connectivity index (χ1n) is 6.53. The molecule has 0 bridgehead atoms. The van der Waals surface area contributed by atoms with E-state index in [9.17, 15) is 0 Å². The van der Waals surface area contributed by atoms with Crippen LogP contribution in [0, 0.1) is 13.8 Å². The van der Waals surface area contributed by atoms with E-state index < -0.39 is 0 Å². The molecule has 0 atom stereocenters. The Labute approximate surface area is 123 Å². The van der Waals surface area contributed by atoms with Crippen molar-refractivity contribution in [3.8, 4) is 5.69 Å². The molecule has 0 saturated heterocycles. The quantitative estimate of drug-likeness (QED) is 0.625. The predicted octanol–water partition coefficient (Wildman–Crippen LogP) is 1.99. The minimum absolute atomic E-state index is 0.0587. The second-order valence-corrected chi connectivity index (χ2v) is 5.40. The smallest absolute Gasteiger partial charge is 0.195 e. The Bertz CT molecular complexity index is 557. The Balaban J connectivity index is 2.10. The zero-order chi connectivity index (χ0) is 14.4. The van der Waals surface area contributed by atoms with Crippen molar-refractivity contribution in [1.82, 2.24) is 14.8 Å². The molecule has 2 aromatic rings. The first-order valence-corrected chi connectivity index (χ1v) is 7.52. The fourth-order valence-electron chi connectivity index (χ4n) is 1.89. The second kappa shape index (κ2) is 7.42. The molecule has 0 amide bonds. The van der Waals surface area contributed by atoms with Crippen LogP contribution in [0.3, 0.4) is 0 Å². The van der Waals surface area contributed by atoms with Crippen molar-refractivity contribution < 1.29 is 9.84 Å². The maximum absolute atomic E-state index is 8.65. The number of hydrogen-bond donors (Lipinski definition) is 1. The van der Waals surface area contributed by atoms with E-state index in [4.69, 9.17) is 9.84 Å². The standard InChI is InChI=1S/C14H19N3O2S/c1-11-5-3-4-6-13(11)17-12(2)15-16-14(17)20-10-9-19-8-7-18/h3-6,18H,7-10H2,1-2H3. The van der Waals surface area contributed by atoms with Crippen LogP contribution in [0.2, 0.25) is 0 Å². The summed E-state index contributed by atoms with van der Waals surface area (Å²) < 4.78 is 7.31. The van der Waals surface area contributed by atoms with Crippen LogP contribution >= 0.6 is 11.8 Å². The summed E-state index contributed by atoms with van der Waals surface area (Å²) in [6, 6.07) is 8.18. The van der Waals surface area contributed by atoms with E-state index >= 15 is 0 Å². The molecule has 0 aliphatic carbocycles. The van der Waals surface area contributed by atoms with Gasteiger partial charge in [0.15, 0.2) is 5.16 Å². The van der Waals surface area contributed by atoms with Crippen LogP contribution in [0.4, 0.5) is 0 Å². The minimum Gasteiger partial charge on any atom is -0.394 e. The summed E-state index contributed by atoms with van der Waals surface area (Å²) in [5.74, 6) is 1.65. The molecule has 20 heavy (non-hydrogen) atoms. The Morgan fingerprint density at radius 3 is 2.75 bits per heavy atom. The van der Waals surface area contributed by atoms with Crippen molar-refractivity contribution in [1.29, 1.82) is 0 Å². The lowest BCUT2D eigenvalue weighted by molar-refractivity contribution is 0.103. The van der Waals surface area contributed by atoms with E-state index in [1.165, 1.54) is 5.56 Å². The van der Waals surface area contributed by atoms with E-state index in [0.717, 1.165) is 22.4 Å². The van der Waals surface area contributed by atoms with Gasteiger partial charge in [-0.05, 0) is 25.5 Å². The fourth-order valence-corrected chi connectivity index (χ4v) is 2.73. The van der Waals surface area contributed by atoms with E-state index in [1.54, 1.807) is 11.8 Å². The molecule has 0 unspecified atom stereocenters. The lowest BCUT2D eigenvalue weighted by atomic mass is 10.2. The third kappa shape index (κ3) is 3.59. The second-order valence-electron chi connectivity index (χ2n) is 4.34. The summed E-state index contributed by atoms with van der Waals surface area (Å²) in [5.41, 5.74) is 2.29. The summed E-state index contributed by atoms with van der Waals surface area (Å²) in [5, 5.41) is 17.9. The topological polar surface area (TPSA) is 60.2 Å². The van der Waals surface area contributed by atoms with Gasteiger partial charge in [-0.2, -0.15) is 0 Å². The SMILES string of the molecule is Cc1ccccc1-n1c(C)nnc1SCCOCCO. The number of aromatic nitrogens is 3. The van der Waals surface area contributed by atoms with E-state index in [-0.39, 0.29) is 6.61 Å². The summed E-state index contributed by atoms with van der Waals surface area (Å²) in [6.45, 7) is 5.05. The first-order chi connectivity index (χ1) is 9.74. The Morgan fingerprint density at radius 1 is 1.20 bits per heavy atom. The molecular weight excluding hydrogens is 274 g/mol. The highest BCUT2D eigenvalue weighted by Gasteiger charge is 2.12. The molecule has 0 aliphatic heterocycles. The highest BCUT2D eigenvalue weighted by Crippen LogP contribution is 2.23. The number of aryl methyl sites for hydroxylation is 2. The van der Waals surface area contributed by atoms with Crippen molar-refractivity contribution in [2.45, 2.75) is 19.0 Å². The van der Waals surface area contributed by atoms with Crippen molar-refractivity contribution in [2.24, 2.45) is 0 Å². The summed E-state index contributed by atoms with van der Waals surface area (Å²) in [6.07, 6.45) is 0. The van der Waals surface area contributed by atoms with Gasteiger partial charge in [0, 0.05) is 5.75 Å². The molecule has 5 nitrogen and oxygen atoms in total. The zero-order valence-corrected chi connectivity index (χ0v) is 12.6. The Kier molecular flexibility index (Phi) is 5.58. The number of benzene rings is 1. The number of hydrogen-bond acceptors (Lipinski definition) is 5. The lowest BCUT2D eigenvalue weighted by Gasteiger charge is -2.11. The van der Waals surface area contributed by atoms with Crippen molar-refractivity contribution in [3.05, 3.63) is 35.7 Å². The first kappa shape index (κ1) is 15.0. The van der Waals surface area contributed by atoms with Gasteiger partial charge in [0.1, 0.15) is 5.82 Å². The molecule has 1 aromatic heterocycles. The van der Waals surface area contributed by atoms with Crippen LogP contribution in [0.5, 0.6) is 0 Å². The van der Waals surface area contributed by atoms with Gasteiger partial charge in [0.05, 0.1) is 25.5 Å². The van der Waals surface area contributed by atoms with E-state index in [1.807, 2.05) is 19.1 Å². The molecule has 1 N–H and O–H groups in total. The van der Waals surface area contributed by atoms with E-state index in [2.05, 4.69) is 33.8 Å². The van der Waals surface area contributed by atoms with Crippen LogP contribution in [0.1, 0.15) is 11.4 Å². The predicted molar refractivity (Wildman–Crippen MR) is 79.5 cm³/mol. The number of aliphatic hydroxyl groups excluding tert-OH is 1. The zero-order valence-electron chi connectivity index (χ0n) is 11.7. The monoisotopic (exact) mass is 293 g/mol. The minimum atomic E-state index is 0.0587. The molecule has 0 aliphatic rings. The molecule has 0 radical (unpaired) electrons. The number of para-hydroxylation sites is 1. The largest absolute Gasteiger partial charge is 0.394 e. The summed E-state index contributed by atoms with van der Waals surface area (Å²) in [7, 11) is 0. The van der Waals surface area contributed by atoms with Crippen LogP contribution in [0.15, 0.2) is 29.4 Å². The molecule has 0 fully saturated rings. The third-order valence-corrected chi connectivity index (χ3v) is 3.74. The highest BCUT2D eigenvalue weighted by molar-refractivity contribution is 7.99.